The van der Waals surface area contributed by atoms with Crippen molar-refractivity contribution in [3.05, 3.63) is 23.3 Å². The van der Waals surface area contributed by atoms with Crippen LogP contribution in [0.2, 0.25) is 0 Å². The van der Waals surface area contributed by atoms with Crippen molar-refractivity contribution in [1.82, 2.24) is 0 Å². The van der Waals surface area contributed by atoms with Gasteiger partial charge in [0.15, 0.2) is 0 Å². The van der Waals surface area contributed by atoms with Gasteiger partial charge < -0.3 is 4.74 Å². The van der Waals surface area contributed by atoms with E-state index < -0.39 is 11.0 Å². The van der Waals surface area contributed by atoms with E-state index in [-0.39, 0.29) is 34.4 Å². The lowest BCUT2D eigenvalue weighted by molar-refractivity contribution is -0.172. The number of rotatable bonds is 0. The Morgan fingerprint density at radius 1 is 1.04 bits per heavy atom. The number of Topliss-reactive ketones (excluding diaryl/α,β-unsaturated/α-hetero) is 2. The first-order chi connectivity index (χ1) is 12.8. The molecule has 0 bridgehead atoms. The van der Waals surface area contributed by atoms with Gasteiger partial charge in [0, 0.05) is 30.6 Å². The van der Waals surface area contributed by atoms with Crippen LogP contribution in [0, 0.1) is 28.1 Å². The summed E-state index contributed by atoms with van der Waals surface area (Å²) in [6, 6.07) is 0. The van der Waals surface area contributed by atoms with E-state index >= 15 is 0 Å². The van der Waals surface area contributed by atoms with Crippen molar-refractivity contribution in [3.8, 4) is 0 Å². The Labute approximate surface area is 159 Å². The van der Waals surface area contributed by atoms with Crippen LogP contribution in [0.3, 0.4) is 0 Å². The van der Waals surface area contributed by atoms with Gasteiger partial charge in [0.25, 0.3) is 0 Å². The zero-order valence-electron chi connectivity index (χ0n) is 16.1. The number of carbonyl (C=O) groups excluding carboxylic acids is 3. The third-order valence-electron chi connectivity index (χ3n) is 9.58. The Morgan fingerprint density at radius 3 is 2.67 bits per heavy atom. The number of hydrogen-bond donors (Lipinski definition) is 0. The molecule has 1 saturated heterocycles. The number of allylic oxidation sites excluding steroid dienone is 2. The van der Waals surface area contributed by atoms with Crippen LogP contribution in [0.25, 0.3) is 0 Å². The molecule has 2 spiro atoms. The van der Waals surface area contributed by atoms with Crippen molar-refractivity contribution >= 4 is 17.5 Å². The van der Waals surface area contributed by atoms with Crippen molar-refractivity contribution in [3.63, 3.8) is 0 Å². The van der Waals surface area contributed by atoms with Crippen LogP contribution in [0.15, 0.2) is 23.3 Å². The summed E-state index contributed by atoms with van der Waals surface area (Å²) in [4.78, 5) is 38.5. The van der Waals surface area contributed by atoms with Gasteiger partial charge in [-0.05, 0) is 37.5 Å². The summed E-state index contributed by atoms with van der Waals surface area (Å²) in [5.74, 6) is 0.0574. The van der Waals surface area contributed by atoms with Gasteiger partial charge in [-0.25, -0.2) is 0 Å². The minimum Gasteiger partial charge on any atom is -0.457 e. The quantitative estimate of drug-likeness (QED) is 0.484. The second-order valence-corrected chi connectivity index (χ2v) is 10.3. The van der Waals surface area contributed by atoms with Crippen LogP contribution in [-0.4, -0.2) is 23.1 Å². The number of carbonyl (C=O) groups is 3. The van der Waals surface area contributed by atoms with Crippen molar-refractivity contribution in [2.45, 2.75) is 70.8 Å². The van der Waals surface area contributed by atoms with Gasteiger partial charge >= 0.3 is 5.97 Å². The van der Waals surface area contributed by atoms with Gasteiger partial charge in [-0.15, -0.1) is 0 Å². The molecule has 6 aliphatic rings. The summed E-state index contributed by atoms with van der Waals surface area (Å²) in [6.45, 7) is 4.49. The van der Waals surface area contributed by atoms with Gasteiger partial charge in [0.2, 0.25) is 0 Å². The smallest absolute Gasteiger partial charge is 0.314 e. The number of esters is 1. The lowest BCUT2D eigenvalue weighted by Gasteiger charge is -2.56. The first-order valence-electron chi connectivity index (χ1n) is 10.5. The zero-order valence-corrected chi connectivity index (χ0v) is 16.1. The molecular formula is C23H26O4. The number of ketones is 2. The summed E-state index contributed by atoms with van der Waals surface area (Å²) in [7, 11) is 0. The minimum absolute atomic E-state index is 0.0235. The topological polar surface area (TPSA) is 60.4 Å². The van der Waals surface area contributed by atoms with E-state index in [1.165, 1.54) is 5.57 Å². The molecule has 27 heavy (non-hydrogen) atoms. The molecule has 5 aliphatic carbocycles. The Bertz CT molecular complexity index is 896. The highest BCUT2D eigenvalue weighted by atomic mass is 16.6. The van der Waals surface area contributed by atoms with Gasteiger partial charge in [-0.3, -0.25) is 14.4 Å². The van der Waals surface area contributed by atoms with Gasteiger partial charge in [0.05, 0.1) is 11.3 Å². The van der Waals surface area contributed by atoms with Crippen LogP contribution in [0.5, 0.6) is 0 Å². The summed E-state index contributed by atoms with van der Waals surface area (Å²) in [6.07, 6.45) is 10.2. The van der Waals surface area contributed by atoms with E-state index in [2.05, 4.69) is 26.0 Å². The molecule has 6 atom stereocenters. The zero-order chi connectivity index (χ0) is 18.8. The molecule has 0 radical (unpaired) electrons. The Balaban J connectivity index is 1.61. The monoisotopic (exact) mass is 366 g/mol. The fourth-order valence-electron chi connectivity index (χ4n) is 8.14. The molecule has 4 nitrogen and oxygen atoms in total. The maximum atomic E-state index is 13.3. The Morgan fingerprint density at radius 2 is 1.85 bits per heavy atom. The predicted octanol–water partition coefficient (Wildman–Crippen LogP) is 3.69. The number of fused-ring (bicyclic) bond motifs is 2. The van der Waals surface area contributed by atoms with E-state index in [4.69, 9.17) is 4.74 Å². The summed E-state index contributed by atoms with van der Waals surface area (Å²) < 4.78 is 6.28. The molecule has 142 valence electrons. The molecule has 0 aromatic carbocycles. The largest absolute Gasteiger partial charge is 0.457 e. The first-order valence-corrected chi connectivity index (χ1v) is 10.5. The van der Waals surface area contributed by atoms with Crippen molar-refractivity contribution in [2.24, 2.45) is 28.1 Å². The normalized spacial score (nSPS) is 52.4. The average Bonchev–Trinajstić information content (AvgIpc) is 3.16. The van der Waals surface area contributed by atoms with Crippen molar-refractivity contribution in [2.75, 3.05) is 0 Å². The average molecular weight is 366 g/mol. The molecule has 1 heterocycles. The van der Waals surface area contributed by atoms with E-state index in [9.17, 15) is 14.4 Å². The highest BCUT2D eigenvalue weighted by Gasteiger charge is 2.80. The van der Waals surface area contributed by atoms with E-state index in [1.807, 2.05) is 0 Å². The highest BCUT2D eigenvalue weighted by Crippen LogP contribution is 2.76. The maximum Gasteiger partial charge on any atom is 0.314 e. The molecule has 1 aliphatic heterocycles. The van der Waals surface area contributed by atoms with E-state index in [0.29, 0.717) is 31.5 Å². The number of ether oxygens (including phenoxy) is 1. The van der Waals surface area contributed by atoms with Crippen molar-refractivity contribution < 1.29 is 19.1 Å². The highest BCUT2D eigenvalue weighted by molar-refractivity contribution is 5.94. The van der Waals surface area contributed by atoms with Crippen LogP contribution in [0.4, 0.5) is 0 Å². The van der Waals surface area contributed by atoms with E-state index in [0.717, 1.165) is 31.3 Å². The standard InChI is InChI=1S/C23H26O4/c1-20-6-5-17(25)22(20)8-4-16-18-15(19(26)27-23(18,22)10-9-20)12-13-11-14(24)3-7-21(13,16)2/h4,12,15,18H,3,5-11H2,1-2H3/t15?,18?,20-,21+,22-,23-/m1/s1. The van der Waals surface area contributed by atoms with Crippen molar-refractivity contribution in [1.29, 1.82) is 0 Å². The van der Waals surface area contributed by atoms with Gasteiger partial charge in [-0.1, -0.05) is 37.1 Å². The van der Waals surface area contributed by atoms with Crippen LogP contribution < -0.4 is 0 Å². The molecule has 6 rings (SSSR count). The van der Waals surface area contributed by atoms with Gasteiger partial charge in [-0.2, -0.15) is 0 Å². The second kappa shape index (κ2) is 4.47. The molecule has 2 unspecified atom stereocenters. The lowest BCUT2D eigenvalue weighted by atomic mass is 9.47. The van der Waals surface area contributed by atoms with Crippen LogP contribution in [-0.2, 0) is 19.1 Å². The minimum atomic E-state index is -0.659. The second-order valence-electron chi connectivity index (χ2n) is 10.3. The van der Waals surface area contributed by atoms with Crippen LogP contribution >= 0.6 is 0 Å². The summed E-state index contributed by atoms with van der Waals surface area (Å²) in [5.41, 5.74) is 0.985. The molecule has 3 saturated carbocycles. The fourth-order valence-corrected chi connectivity index (χ4v) is 8.14. The molecule has 4 heteroatoms. The molecule has 0 aromatic heterocycles. The third kappa shape index (κ3) is 1.48. The molecular weight excluding hydrogens is 340 g/mol. The summed E-state index contributed by atoms with van der Waals surface area (Å²) >= 11 is 0. The van der Waals surface area contributed by atoms with E-state index in [1.54, 1.807) is 0 Å². The van der Waals surface area contributed by atoms with Gasteiger partial charge in [0.1, 0.15) is 17.2 Å². The fraction of sp³-hybridized carbons (Fsp3) is 0.696. The SMILES string of the molecule is C[C@]12CCC(=O)CC1=CC1C(=O)O[C@@]34CC[C@@]5(C)CCC(=O)[C@]53CC=C2C14. The third-order valence-corrected chi connectivity index (χ3v) is 9.58. The summed E-state index contributed by atoms with van der Waals surface area (Å²) in [5, 5.41) is 0. The molecule has 0 N–H and O–H groups in total. The molecule has 0 aromatic rings. The predicted molar refractivity (Wildman–Crippen MR) is 97.6 cm³/mol. The molecule has 0 amide bonds. The molecule has 4 fully saturated rings. The number of hydrogen-bond acceptors (Lipinski definition) is 4. The Hall–Kier alpha value is -1.71. The Kier molecular flexibility index (Phi) is 2.69. The lowest BCUT2D eigenvalue weighted by Crippen LogP contribution is -2.60. The maximum absolute atomic E-state index is 13.3. The first kappa shape index (κ1) is 16.3. The van der Waals surface area contributed by atoms with Crippen LogP contribution in [0.1, 0.15) is 65.2 Å².